The van der Waals surface area contributed by atoms with Crippen LogP contribution < -0.4 is 26.2 Å². The maximum absolute atomic E-state index is 7.19. The average molecular weight is 925 g/mol. The molecule has 0 radical (unpaired) electrons. The molecule has 0 spiro atoms. The Morgan fingerprint density at radius 2 is 0.814 bits per heavy atom. The molecule has 0 saturated heterocycles. The number of aryl methyl sites for hydroxylation is 3. The first kappa shape index (κ1) is 45.9. The maximum atomic E-state index is 7.19. The van der Waals surface area contributed by atoms with Crippen LogP contribution in [0.15, 0.2) is 83.3 Å². The molecular weight excluding hydrogens is 848 g/mol. The van der Waals surface area contributed by atoms with Gasteiger partial charge in [0.15, 0.2) is 0 Å². The van der Waals surface area contributed by atoms with Crippen LogP contribution in [0.2, 0.25) is 0 Å². The van der Waals surface area contributed by atoms with Gasteiger partial charge in [0.25, 0.3) is 6.71 Å². The van der Waals surface area contributed by atoms with E-state index in [9.17, 15) is 0 Å². The first-order chi connectivity index (χ1) is 32.7. The van der Waals surface area contributed by atoms with Gasteiger partial charge >= 0.3 is 0 Å². The van der Waals surface area contributed by atoms with Gasteiger partial charge < -0.3 is 14.2 Å². The predicted octanol–water partition coefficient (Wildman–Crippen LogP) is 16.8. The predicted molar refractivity (Wildman–Crippen MR) is 302 cm³/mol. The topological polar surface area (TPSA) is 19.6 Å². The highest BCUT2D eigenvalue weighted by molar-refractivity contribution is 7.00. The van der Waals surface area contributed by atoms with Crippen LogP contribution in [-0.2, 0) is 32.5 Å². The standard InChI is InChI=1S/C66H77BN2O/c1-37(2)41-18-19-50-54(30-41)68(52-33-47-44(28-39(52)4)61(6,7)20-23-64(47,12)13)56-26-38(3)27-57-60(56)67(50)51-36-59-43(42-31-46-49(35-58(42)70-59)66(16,17)25-22-63(46,10)11)32-55(51)69(57)53-34-48-45(29-40(53)5)62(8,9)21-24-65(48,14)15/h18-19,26-37H,20-25H2,1-17H3. The largest absolute Gasteiger partial charge is 0.456 e. The number of furan rings is 1. The van der Waals surface area contributed by atoms with E-state index in [-0.39, 0.29) is 39.2 Å². The SMILES string of the molecule is Cc1cc2c3c(c1)N(c1cc4c(cc1C)C(C)(C)CCC4(C)C)c1cc4c(cc1B3c1ccc(C(C)C)cc1N2c1cc2c(cc1C)C(C)(C)CCC2(C)C)oc1cc2c(cc14)C(C)(C)CCC2(C)C. The van der Waals surface area contributed by atoms with Gasteiger partial charge in [-0.05, 0) is 224 Å². The van der Waals surface area contributed by atoms with E-state index in [2.05, 4.69) is 206 Å². The van der Waals surface area contributed by atoms with Crippen molar-refractivity contribution in [3.63, 3.8) is 0 Å². The Balaban J connectivity index is 1.20. The van der Waals surface area contributed by atoms with E-state index >= 15 is 0 Å². The molecule has 0 saturated carbocycles. The van der Waals surface area contributed by atoms with Crippen molar-refractivity contribution in [1.29, 1.82) is 0 Å². The number of nitrogens with zero attached hydrogens (tertiary/aromatic N) is 2. The summed E-state index contributed by atoms with van der Waals surface area (Å²) in [5.41, 5.74) is 28.5. The van der Waals surface area contributed by atoms with Gasteiger partial charge in [0.05, 0.1) is 0 Å². The third kappa shape index (κ3) is 6.45. The molecule has 3 heterocycles. The summed E-state index contributed by atoms with van der Waals surface area (Å²) in [5, 5.41) is 2.44. The fourth-order valence-corrected chi connectivity index (χ4v) is 14.3. The highest BCUT2D eigenvalue weighted by atomic mass is 16.3. The number of hydrogen-bond acceptors (Lipinski definition) is 3. The van der Waals surface area contributed by atoms with E-state index < -0.39 is 0 Å². The average Bonchev–Trinajstić information content (AvgIpc) is 3.64. The molecule has 5 aliphatic rings. The molecule has 3 nitrogen and oxygen atoms in total. The minimum absolute atomic E-state index is 0.00499. The molecule has 12 rings (SSSR count). The van der Waals surface area contributed by atoms with Gasteiger partial charge in [-0.3, -0.25) is 0 Å². The molecule has 2 aliphatic heterocycles. The summed E-state index contributed by atoms with van der Waals surface area (Å²) < 4.78 is 7.19. The van der Waals surface area contributed by atoms with Crippen molar-refractivity contribution in [3.05, 3.63) is 134 Å². The van der Waals surface area contributed by atoms with Crippen LogP contribution in [-0.4, -0.2) is 6.71 Å². The molecule has 0 N–H and O–H groups in total. The normalized spacial score (nSPS) is 20.5. The number of rotatable bonds is 3. The smallest absolute Gasteiger partial charge is 0.252 e. The van der Waals surface area contributed by atoms with Crippen molar-refractivity contribution >= 4 is 79.2 Å². The molecule has 0 bridgehead atoms. The summed E-state index contributed by atoms with van der Waals surface area (Å²) in [4.78, 5) is 5.39. The van der Waals surface area contributed by atoms with E-state index in [4.69, 9.17) is 4.42 Å². The Morgan fingerprint density at radius 1 is 0.414 bits per heavy atom. The van der Waals surface area contributed by atoms with E-state index in [1.54, 1.807) is 0 Å². The molecule has 0 unspecified atom stereocenters. The van der Waals surface area contributed by atoms with Crippen LogP contribution in [0.25, 0.3) is 21.9 Å². The van der Waals surface area contributed by atoms with Crippen molar-refractivity contribution in [2.45, 2.75) is 195 Å². The number of hydrogen-bond donors (Lipinski definition) is 0. The Kier molecular flexibility index (Phi) is 9.49. The fourth-order valence-electron chi connectivity index (χ4n) is 14.3. The molecule has 4 heteroatoms. The molecule has 6 aromatic carbocycles. The summed E-state index contributed by atoms with van der Waals surface area (Å²) in [5.74, 6) is 0.386. The zero-order valence-corrected chi connectivity index (χ0v) is 45.7. The Hall–Kier alpha value is -5.22. The molecule has 0 amide bonds. The lowest BCUT2D eigenvalue weighted by Gasteiger charge is -2.47. The van der Waals surface area contributed by atoms with Crippen molar-refractivity contribution < 1.29 is 4.42 Å². The zero-order valence-electron chi connectivity index (χ0n) is 45.7. The maximum Gasteiger partial charge on any atom is 0.252 e. The lowest BCUT2D eigenvalue weighted by atomic mass is 9.33. The number of anilines is 6. The van der Waals surface area contributed by atoms with Crippen molar-refractivity contribution in [2.24, 2.45) is 0 Å². The second-order valence-corrected chi connectivity index (χ2v) is 27.4. The van der Waals surface area contributed by atoms with Crippen molar-refractivity contribution in [3.8, 4) is 0 Å². The van der Waals surface area contributed by atoms with Crippen LogP contribution in [0.1, 0.15) is 197 Å². The van der Waals surface area contributed by atoms with E-state index in [1.807, 2.05) is 0 Å². The summed E-state index contributed by atoms with van der Waals surface area (Å²) in [6, 6.07) is 32.8. The summed E-state index contributed by atoms with van der Waals surface area (Å²) in [6.07, 6.45) is 7.10. The Morgan fingerprint density at radius 3 is 1.29 bits per heavy atom. The van der Waals surface area contributed by atoms with Gasteiger partial charge in [0, 0.05) is 44.9 Å². The first-order valence-corrected chi connectivity index (χ1v) is 26.9. The van der Waals surface area contributed by atoms with E-state index in [1.165, 1.54) is 155 Å². The molecule has 7 aromatic rings. The first-order valence-electron chi connectivity index (χ1n) is 26.9. The molecule has 0 fully saturated rings. The van der Waals surface area contributed by atoms with Gasteiger partial charge in [-0.2, -0.15) is 0 Å². The monoisotopic (exact) mass is 925 g/mol. The van der Waals surface area contributed by atoms with E-state index in [0.29, 0.717) is 5.92 Å². The molecular formula is C66H77BN2O. The number of fused-ring (bicyclic) bond motifs is 10. The Labute approximate surface area is 420 Å². The van der Waals surface area contributed by atoms with Gasteiger partial charge in [-0.15, -0.1) is 0 Å². The van der Waals surface area contributed by atoms with Crippen molar-refractivity contribution in [2.75, 3.05) is 9.80 Å². The Bertz CT molecular complexity index is 3420. The summed E-state index contributed by atoms with van der Waals surface area (Å²) >= 11 is 0. The molecule has 0 atom stereocenters. The highest BCUT2D eigenvalue weighted by Crippen LogP contribution is 2.55. The van der Waals surface area contributed by atoms with Crippen LogP contribution >= 0.6 is 0 Å². The molecule has 70 heavy (non-hydrogen) atoms. The molecule has 1 aromatic heterocycles. The van der Waals surface area contributed by atoms with Gasteiger partial charge in [0.1, 0.15) is 11.2 Å². The lowest BCUT2D eigenvalue weighted by Crippen LogP contribution is -2.61. The van der Waals surface area contributed by atoms with E-state index in [0.717, 1.165) is 11.2 Å². The van der Waals surface area contributed by atoms with Crippen LogP contribution in [0, 0.1) is 20.8 Å². The fraction of sp³-hybridized carbons (Fsp3) is 0.455. The van der Waals surface area contributed by atoms with Crippen LogP contribution in [0.5, 0.6) is 0 Å². The zero-order chi connectivity index (χ0) is 49.7. The minimum Gasteiger partial charge on any atom is -0.456 e. The second-order valence-electron chi connectivity index (χ2n) is 27.4. The molecule has 360 valence electrons. The molecule has 3 aliphatic carbocycles. The van der Waals surface area contributed by atoms with Crippen LogP contribution in [0.3, 0.4) is 0 Å². The van der Waals surface area contributed by atoms with Gasteiger partial charge in [-0.1, -0.05) is 121 Å². The second kappa shape index (κ2) is 14.5. The van der Waals surface area contributed by atoms with Gasteiger partial charge in [-0.25, -0.2) is 0 Å². The number of benzene rings is 6. The summed E-state index contributed by atoms with van der Waals surface area (Å²) in [6.45, 7) is 41.2. The highest BCUT2D eigenvalue weighted by Gasteiger charge is 2.47. The van der Waals surface area contributed by atoms with Crippen LogP contribution in [0.4, 0.5) is 34.1 Å². The van der Waals surface area contributed by atoms with Gasteiger partial charge in [0.2, 0.25) is 0 Å². The third-order valence-electron chi connectivity index (χ3n) is 19.3. The third-order valence-corrected chi connectivity index (χ3v) is 19.3. The summed E-state index contributed by atoms with van der Waals surface area (Å²) in [7, 11) is 0. The quantitative estimate of drug-likeness (QED) is 0.165. The lowest BCUT2D eigenvalue weighted by molar-refractivity contribution is 0.332. The van der Waals surface area contributed by atoms with Crippen molar-refractivity contribution in [1.82, 2.24) is 0 Å². The minimum atomic E-state index is -0.00499.